The number of hydrogen-bond donors (Lipinski definition) is 1. The second-order valence-corrected chi connectivity index (χ2v) is 6.84. The predicted molar refractivity (Wildman–Crippen MR) is 114 cm³/mol. The molecule has 0 radical (unpaired) electrons. The van der Waals surface area contributed by atoms with Gasteiger partial charge in [0.15, 0.2) is 5.96 Å². The summed E-state index contributed by atoms with van der Waals surface area (Å²) in [6.07, 6.45) is 2.48. The Bertz CT molecular complexity index is 737. The molecule has 0 amide bonds. The highest BCUT2D eigenvalue weighted by molar-refractivity contribution is 14.0. The second-order valence-electron chi connectivity index (χ2n) is 6.84. The largest absolute Gasteiger partial charge is 0.370 e. The van der Waals surface area contributed by atoms with Gasteiger partial charge in [0.2, 0.25) is 0 Å². The number of aliphatic imine (C=N–C) groups is 1. The lowest BCUT2D eigenvalue weighted by Crippen LogP contribution is -2.43. The molecule has 1 aromatic carbocycles. The number of aromatic nitrogens is 2. The molecule has 2 N–H and O–H groups in total. The number of halogens is 1. The van der Waals surface area contributed by atoms with Crippen LogP contribution in [0.15, 0.2) is 35.3 Å². The molecule has 1 aromatic heterocycles. The molecule has 0 aliphatic carbocycles. The van der Waals surface area contributed by atoms with Gasteiger partial charge in [-0.2, -0.15) is 5.10 Å². The summed E-state index contributed by atoms with van der Waals surface area (Å²) in [5.74, 6) is 1.35. The average Bonchev–Trinajstić information content (AvgIpc) is 2.91. The molecule has 5 nitrogen and oxygen atoms in total. The topological polar surface area (TPSA) is 59.4 Å². The zero-order valence-electron chi connectivity index (χ0n) is 15.3. The fraction of sp³-hybridized carbons (Fsp3) is 0.474. The van der Waals surface area contributed by atoms with Crippen molar-refractivity contribution in [1.82, 2.24) is 14.7 Å². The maximum absolute atomic E-state index is 6.23. The molecule has 1 unspecified atom stereocenters. The Balaban J connectivity index is 0.00000225. The molecule has 2 aromatic rings. The zero-order chi connectivity index (χ0) is 17.1. The average molecular weight is 453 g/mol. The SMILES string of the molecule is Cc1cc(C)n(-c2ccccc2CN=C(N)N2CCCC(C)C2)n1.I. The van der Waals surface area contributed by atoms with E-state index in [2.05, 4.69) is 47.0 Å². The molecule has 2 heterocycles. The third-order valence-corrected chi connectivity index (χ3v) is 4.62. The van der Waals surface area contributed by atoms with E-state index in [1.807, 2.05) is 23.7 Å². The van der Waals surface area contributed by atoms with Gasteiger partial charge >= 0.3 is 0 Å². The van der Waals surface area contributed by atoms with Crippen LogP contribution >= 0.6 is 24.0 Å². The molecule has 1 atom stereocenters. The second kappa shape index (κ2) is 8.69. The maximum Gasteiger partial charge on any atom is 0.191 e. The number of benzene rings is 1. The molecule has 1 aliphatic heterocycles. The molecule has 1 fully saturated rings. The van der Waals surface area contributed by atoms with Crippen LogP contribution in [0.4, 0.5) is 0 Å². The number of nitrogens with two attached hydrogens (primary N) is 1. The zero-order valence-corrected chi connectivity index (χ0v) is 17.6. The summed E-state index contributed by atoms with van der Waals surface area (Å²) < 4.78 is 1.99. The van der Waals surface area contributed by atoms with Gasteiger partial charge in [-0.15, -0.1) is 24.0 Å². The Morgan fingerprint density at radius 2 is 2.08 bits per heavy atom. The van der Waals surface area contributed by atoms with Crippen molar-refractivity contribution in [2.24, 2.45) is 16.6 Å². The number of guanidine groups is 1. The molecule has 1 saturated heterocycles. The van der Waals surface area contributed by atoms with Gasteiger partial charge in [-0.1, -0.05) is 25.1 Å². The third kappa shape index (κ3) is 4.74. The molecule has 136 valence electrons. The number of nitrogens with zero attached hydrogens (tertiary/aromatic N) is 4. The molecule has 0 saturated carbocycles. The van der Waals surface area contributed by atoms with E-state index in [4.69, 9.17) is 5.73 Å². The van der Waals surface area contributed by atoms with Crippen LogP contribution in [0.25, 0.3) is 5.69 Å². The molecule has 1 aliphatic rings. The Morgan fingerprint density at radius 3 is 2.76 bits per heavy atom. The molecule has 0 spiro atoms. The Morgan fingerprint density at radius 1 is 1.32 bits per heavy atom. The van der Waals surface area contributed by atoms with E-state index in [0.29, 0.717) is 18.4 Å². The number of hydrogen-bond acceptors (Lipinski definition) is 2. The van der Waals surface area contributed by atoms with Crippen molar-refractivity contribution in [3.05, 3.63) is 47.3 Å². The Hall–Kier alpha value is -1.57. The van der Waals surface area contributed by atoms with Gasteiger partial charge in [0.1, 0.15) is 0 Å². The summed E-state index contributed by atoms with van der Waals surface area (Å²) in [6, 6.07) is 10.3. The molecule has 0 bridgehead atoms. The van der Waals surface area contributed by atoms with Crippen LogP contribution in [0.5, 0.6) is 0 Å². The van der Waals surface area contributed by atoms with Gasteiger partial charge in [0.25, 0.3) is 0 Å². The van der Waals surface area contributed by atoms with Crippen LogP contribution in [0, 0.1) is 19.8 Å². The summed E-state index contributed by atoms with van der Waals surface area (Å²) in [4.78, 5) is 6.86. The summed E-state index contributed by atoms with van der Waals surface area (Å²) in [5, 5.41) is 4.59. The third-order valence-electron chi connectivity index (χ3n) is 4.62. The summed E-state index contributed by atoms with van der Waals surface area (Å²) >= 11 is 0. The lowest BCUT2D eigenvalue weighted by atomic mass is 10.0. The normalized spacial score (nSPS) is 18.1. The Labute approximate surface area is 167 Å². The van der Waals surface area contributed by atoms with Crippen molar-refractivity contribution in [3.63, 3.8) is 0 Å². The van der Waals surface area contributed by atoms with Gasteiger partial charge in [0, 0.05) is 18.8 Å². The Kier molecular flexibility index (Phi) is 6.87. The molecule has 3 rings (SSSR count). The summed E-state index contributed by atoms with van der Waals surface area (Å²) in [5.41, 5.74) is 10.6. The molecule has 25 heavy (non-hydrogen) atoms. The smallest absolute Gasteiger partial charge is 0.191 e. The lowest BCUT2D eigenvalue weighted by Gasteiger charge is -2.31. The predicted octanol–water partition coefficient (Wildman–Crippen LogP) is 3.65. The van der Waals surface area contributed by atoms with Gasteiger partial charge in [0.05, 0.1) is 17.9 Å². The van der Waals surface area contributed by atoms with Gasteiger partial charge < -0.3 is 10.6 Å². The van der Waals surface area contributed by atoms with E-state index >= 15 is 0 Å². The van der Waals surface area contributed by atoms with Crippen LogP contribution in [-0.2, 0) is 6.54 Å². The minimum Gasteiger partial charge on any atom is -0.370 e. The first-order valence-electron chi connectivity index (χ1n) is 8.71. The van der Waals surface area contributed by atoms with E-state index in [1.165, 1.54) is 12.8 Å². The fourth-order valence-corrected chi connectivity index (χ4v) is 3.39. The minimum absolute atomic E-state index is 0. The molecular formula is C19H28IN5. The number of piperidine rings is 1. The van der Waals surface area contributed by atoms with Crippen LogP contribution in [0.2, 0.25) is 0 Å². The van der Waals surface area contributed by atoms with Crippen molar-refractivity contribution >= 4 is 29.9 Å². The van der Waals surface area contributed by atoms with Gasteiger partial charge in [-0.05, 0) is 50.3 Å². The van der Waals surface area contributed by atoms with Crippen molar-refractivity contribution < 1.29 is 0 Å². The van der Waals surface area contributed by atoms with E-state index in [-0.39, 0.29) is 24.0 Å². The standard InChI is InChI=1S/C19H27N5.HI/c1-14-7-6-10-23(13-14)19(20)21-12-17-8-4-5-9-18(17)24-16(3)11-15(2)22-24;/h4-5,8-9,11,14H,6-7,10,12-13H2,1-3H3,(H2,20,21);1H. The number of aryl methyl sites for hydroxylation is 2. The summed E-state index contributed by atoms with van der Waals surface area (Å²) in [7, 11) is 0. The van der Waals surface area contributed by atoms with Crippen molar-refractivity contribution in [3.8, 4) is 5.69 Å². The highest BCUT2D eigenvalue weighted by atomic mass is 127. The number of likely N-dealkylation sites (tertiary alicyclic amines) is 1. The first kappa shape index (κ1) is 19.8. The summed E-state index contributed by atoms with van der Waals surface area (Å²) in [6.45, 7) is 8.96. The van der Waals surface area contributed by atoms with E-state index in [9.17, 15) is 0 Å². The molecule has 6 heteroatoms. The number of rotatable bonds is 3. The quantitative estimate of drug-likeness (QED) is 0.439. The minimum atomic E-state index is 0. The highest BCUT2D eigenvalue weighted by Crippen LogP contribution is 2.19. The van der Waals surface area contributed by atoms with E-state index < -0.39 is 0 Å². The van der Waals surface area contributed by atoms with Gasteiger partial charge in [-0.25, -0.2) is 9.67 Å². The first-order valence-corrected chi connectivity index (χ1v) is 8.71. The van der Waals surface area contributed by atoms with Crippen molar-refractivity contribution in [2.45, 2.75) is 40.2 Å². The van der Waals surface area contributed by atoms with Crippen LogP contribution in [0.3, 0.4) is 0 Å². The van der Waals surface area contributed by atoms with Crippen LogP contribution in [-0.4, -0.2) is 33.7 Å². The molecular weight excluding hydrogens is 425 g/mol. The lowest BCUT2D eigenvalue weighted by molar-refractivity contribution is 0.270. The van der Waals surface area contributed by atoms with Crippen molar-refractivity contribution in [2.75, 3.05) is 13.1 Å². The van der Waals surface area contributed by atoms with Crippen LogP contribution in [0.1, 0.15) is 36.7 Å². The number of para-hydroxylation sites is 1. The maximum atomic E-state index is 6.23. The van der Waals surface area contributed by atoms with E-state index in [1.54, 1.807) is 0 Å². The highest BCUT2D eigenvalue weighted by Gasteiger charge is 2.17. The monoisotopic (exact) mass is 453 g/mol. The van der Waals surface area contributed by atoms with Crippen LogP contribution < -0.4 is 5.73 Å². The van der Waals surface area contributed by atoms with Gasteiger partial charge in [-0.3, -0.25) is 0 Å². The first-order chi connectivity index (χ1) is 11.5. The fourth-order valence-electron chi connectivity index (χ4n) is 3.39. The van der Waals surface area contributed by atoms with E-state index in [0.717, 1.165) is 35.7 Å². The van der Waals surface area contributed by atoms with Crippen molar-refractivity contribution in [1.29, 1.82) is 0 Å².